The van der Waals surface area contributed by atoms with E-state index in [1.807, 2.05) is 26.8 Å². The van der Waals surface area contributed by atoms with Crippen molar-refractivity contribution in [3.05, 3.63) is 23.3 Å². The average Bonchev–Trinajstić information content (AvgIpc) is 2.43. The third kappa shape index (κ3) is 10.9. The van der Waals surface area contributed by atoms with Crippen LogP contribution in [0.25, 0.3) is 0 Å². The van der Waals surface area contributed by atoms with Crippen LogP contribution < -0.4 is 0 Å². The van der Waals surface area contributed by atoms with Crippen LogP contribution in [0.2, 0.25) is 0 Å². The maximum atomic E-state index is 10.5. The van der Waals surface area contributed by atoms with E-state index in [0.29, 0.717) is 13.2 Å². The third-order valence-electron chi connectivity index (χ3n) is 3.03. The number of hydrogen-bond donors (Lipinski definition) is 0. The van der Waals surface area contributed by atoms with E-state index in [1.54, 1.807) is 0 Å². The van der Waals surface area contributed by atoms with Gasteiger partial charge < -0.3 is 9.47 Å². The van der Waals surface area contributed by atoms with Gasteiger partial charge in [0, 0.05) is 13.2 Å². The lowest BCUT2D eigenvalue weighted by Crippen LogP contribution is -2.16. The largest absolute Gasteiger partial charge is 0.353 e. The highest BCUT2D eigenvalue weighted by molar-refractivity contribution is 5.71. The van der Waals surface area contributed by atoms with Crippen molar-refractivity contribution in [1.29, 1.82) is 0 Å². The molecule has 0 saturated carbocycles. The van der Waals surface area contributed by atoms with Crippen molar-refractivity contribution in [3.8, 4) is 0 Å². The van der Waals surface area contributed by atoms with Gasteiger partial charge in [0.05, 0.1) is 0 Å². The first-order chi connectivity index (χ1) is 9.63. The van der Waals surface area contributed by atoms with Crippen molar-refractivity contribution in [2.24, 2.45) is 0 Å². The van der Waals surface area contributed by atoms with Gasteiger partial charge in [0.1, 0.15) is 6.29 Å². The molecule has 0 bridgehead atoms. The molecule has 0 aliphatic heterocycles. The molecule has 0 aliphatic rings. The molecule has 0 aromatic heterocycles. The van der Waals surface area contributed by atoms with Crippen LogP contribution in [0.4, 0.5) is 0 Å². The van der Waals surface area contributed by atoms with Gasteiger partial charge in [0.2, 0.25) is 0 Å². The molecule has 20 heavy (non-hydrogen) atoms. The van der Waals surface area contributed by atoms with Crippen LogP contribution in [-0.2, 0) is 14.3 Å². The van der Waals surface area contributed by atoms with Gasteiger partial charge in [-0.05, 0) is 65.4 Å². The van der Waals surface area contributed by atoms with Crippen molar-refractivity contribution in [1.82, 2.24) is 0 Å². The second-order valence-corrected chi connectivity index (χ2v) is 4.93. The van der Waals surface area contributed by atoms with Crippen LogP contribution >= 0.6 is 0 Å². The minimum atomic E-state index is -0.0584. The normalized spacial score (nSPS) is 13.1. The Bertz CT molecular complexity index is 299. The van der Waals surface area contributed by atoms with Crippen LogP contribution in [0.3, 0.4) is 0 Å². The van der Waals surface area contributed by atoms with E-state index in [1.165, 1.54) is 5.57 Å². The predicted octanol–water partition coefficient (Wildman–Crippen LogP) is 4.43. The van der Waals surface area contributed by atoms with Gasteiger partial charge in [-0.1, -0.05) is 17.7 Å². The van der Waals surface area contributed by atoms with E-state index in [-0.39, 0.29) is 6.29 Å². The summed E-state index contributed by atoms with van der Waals surface area (Å²) in [5.41, 5.74) is 2.19. The number of hydrogen-bond acceptors (Lipinski definition) is 3. The fourth-order valence-electron chi connectivity index (χ4n) is 1.90. The Hall–Kier alpha value is -0.930. The van der Waals surface area contributed by atoms with Crippen LogP contribution in [0.5, 0.6) is 0 Å². The summed E-state index contributed by atoms with van der Waals surface area (Å²) >= 11 is 0. The smallest absolute Gasteiger partial charge is 0.157 e. The highest BCUT2D eigenvalue weighted by Gasteiger charge is 2.06. The lowest BCUT2D eigenvalue weighted by atomic mass is 10.1. The van der Waals surface area contributed by atoms with Gasteiger partial charge in [-0.25, -0.2) is 0 Å². The van der Waals surface area contributed by atoms with E-state index in [4.69, 9.17) is 9.47 Å². The molecule has 0 spiro atoms. The number of aldehydes is 1. The Morgan fingerprint density at radius 2 is 1.70 bits per heavy atom. The van der Waals surface area contributed by atoms with E-state index in [2.05, 4.69) is 13.0 Å². The Balaban J connectivity index is 3.83. The molecule has 0 fully saturated rings. The molecule has 0 aromatic rings. The summed E-state index contributed by atoms with van der Waals surface area (Å²) in [6.45, 7) is 9.36. The molecule has 0 heterocycles. The quantitative estimate of drug-likeness (QED) is 0.175. The van der Waals surface area contributed by atoms with Crippen molar-refractivity contribution >= 4 is 6.29 Å². The molecule has 116 valence electrons. The average molecular weight is 282 g/mol. The van der Waals surface area contributed by atoms with Gasteiger partial charge in [0.25, 0.3) is 0 Å². The summed E-state index contributed by atoms with van der Waals surface area (Å²) < 4.78 is 11.0. The molecular weight excluding hydrogens is 252 g/mol. The third-order valence-corrected chi connectivity index (χ3v) is 3.03. The van der Waals surface area contributed by atoms with Gasteiger partial charge in [-0.15, -0.1) is 0 Å². The molecule has 0 unspecified atom stereocenters. The van der Waals surface area contributed by atoms with Crippen molar-refractivity contribution in [2.75, 3.05) is 13.2 Å². The highest BCUT2D eigenvalue weighted by atomic mass is 16.7. The lowest BCUT2D eigenvalue weighted by Gasteiger charge is -2.16. The first-order valence-corrected chi connectivity index (χ1v) is 7.64. The van der Waals surface area contributed by atoms with Crippen molar-refractivity contribution in [3.63, 3.8) is 0 Å². The molecule has 0 atom stereocenters. The topological polar surface area (TPSA) is 35.5 Å². The maximum Gasteiger partial charge on any atom is 0.157 e. The molecule has 0 rings (SSSR count). The first kappa shape index (κ1) is 19.1. The Kier molecular flexibility index (Phi) is 12.5. The van der Waals surface area contributed by atoms with E-state index < -0.39 is 0 Å². The summed E-state index contributed by atoms with van der Waals surface area (Å²) in [6, 6.07) is 0. The predicted molar refractivity (Wildman–Crippen MR) is 83.7 cm³/mol. The Morgan fingerprint density at radius 1 is 1.05 bits per heavy atom. The molecule has 0 saturated heterocycles. The van der Waals surface area contributed by atoms with Crippen LogP contribution in [0.1, 0.15) is 59.8 Å². The van der Waals surface area contributed by atoms with Crippen molar-refractivity contribution in [2.45, 2.75) is 66.1 Å². The molecular formula is C17H30O3. The Morgan fingerprint density at radius 3 is 2.25 bits per heavy atom. The Labute approximate surface area is 124 Å². The summed E-state index contributed by atoms with van der Waals surface area (Å²) in [5, 5.41) is 0. The molecule has 3 heteroatoms. The number of rotatable bonds is 12. The van der Waals surface area contributed by atoms with Gasteiger partial charge in [0.15, 0.2) is 6.29 Å². The zero-order valence-electron chi connectivity index (χ0n) is 13.5. The highest BCUT2D eigenvalue weighted by Crippen LogP contribution is 2.11. The number of allylic oxidation sites excluding steroid dienone is 4. The first-order valence-electron chi connectivity index (χ1n) is 7.64. The van der Waals surface area contributed by atoms with E-state index in [9.17, 15) is 4.79 Å². The molecule has 0 N–H and O–H groups in total. The summed E-state index contributed by atoms with van der Waals surface area (Å²) in [5.74, 6) is 0. The monoisotopic (exact) mass is 282 g/mol. The fraction of sp³-hybridized carbons (Fsp3) is 0.706. The molecule has 0 amide bonds. The molecule has 0 radical (unpaired) electrons. The maximum absolute atomic E-state index is 10.5. The number of carbonyl (C=O) groups is 1. The van der Waals surface area contributed by atoms with Crippen LogP contribution in [0.15, 0.2) is 23.3 Å². The minimum absolute atomic E-state index is 0.0584. The van der Waals surface area contributed by atoms with Gasteiger partial charge >= 0.3 is 0 Å². The summed E-state index contributed by atoms with van der Waals surface area (Å²) in [6.07, 6.45) is 10.1. The minimum Gasteiger partial charge on any atom is -0.353 e. The second kappa shape index (κ2) is 13.1. The van der Waals surface area contributed by atoms with Gasteiger partial charge in [-0.3, -0.25) is 4.79 Å². The number of unbranched alkanes of at least 4 members (excludes halogenated alkanes) is 1. The van der Waals surface area contributed by atoms with E-state index in [0.717, 1.165) is 44.0 Å². The zero-order valence-corrected chi connectivity index (χ0v) is 13.5. The second-order valence-electron chi connectivity index (χ2n) is 4.93. The van der Waals surface area contributed by atoms with Crippen molar-refractivity contribution < 1.29 is 14.3 Å². The summed E-state index contributed by atoms with van der Waals surface area (Å²) in [7, 11) is 0. The fourth-order valence-corrected chi connectivity index (χ4v) is 1.90. The summed E-state index contributed by atoms with van der Waals surface area (Å²) in [4.78, 5) is 10.5. The standard InChI is InChI=1S/C17H30O3/c1-5-19-17(20-6-2)13-8-7-10-15(3)11-9-12-16(4)14-18/h10,12,14,17H,5-9,11,13H2,1-4H3. The SMILES string of the molecule is CCOC(CCCC=C(C)CCC=C(C)C=O)OCC. The zero-order chi connectivity index (χ0) is 15.2. The van der Waals surface area contributed by atoms with Crippen LogP contribution in [-0.4, -0.2) is 25.8 Å². The molecule has 0 aromatic carbocycles. The van der Waals surface area contributed by atoms with E-state index >= 15 is 0 Å². The number of ether oxygens (including phenoxy) is 2. The van der Waals surface area contributed by atoms with Crippen LogP contribution in [0, 0.1) is 0 Å². The van der Waals surface area contributed by atoms with Gasteiger partial charge in [-0.2, -0.15) is 0 Å². The molecule has 3 nitrogen and oxygen atoms in total. The lowest BCUT2D eigenvalue weighted by molar-refractivity contribution is -0.139. The molecule has 0 aliphatic carbocycles. The number of carbonyl (C=O) groups excluding carboxylic acids is 1.